The van der Waals surface area contributed by atoms with Crippen molar-refractivity contribution in [3.8, 4) is 11.3 Å². The second kappa shape index (κ2) is 5.34. The molecule has 0 saturated heterocycles. The number of aryl methyl sites for hydroxylation is 3. The Bertz CT molecular complexity index is 985. The summed E-state index contributed by atoms with van der Waals surface area (Å²) >= 11 is 6.48. The van der Waals surface area contributed by atoms with Gasteiger partial charge in [0.1, 0.15) is 5.69 Å². The van der Waals surface area contributed by atoms with E-state index < -0.39 is 5.91 Å². The van der Waals surface area contributed by atoms with Gasteiger partial charge in [-0.2, -0.15) is 10.2 Å². The lowest BCUT2D eigenvalue weighted by atomic mass is 10.00. The molecule has 1 amide bonds. The zero-order valence-electron chi connectivity index (χ0n) is 13.6. The summed E-state index contributed by atoms with van der Waals surface area (Å²) in [4.78, 5) is 12.1. The first kappa shape index (κ1) is 15.2. The normalized spacial score (nSPS) is 14.1. The van der Waals surface area contributed by atoms with Gasteiger partial charge in [0.05, 0.1) is 27.5 Å². The van der Waals surface area contributed by atoms with Crippen molar-refractivity contribution in [1.29, 1.82) is 0 Å². The lowest BCUT2D eigenvalue weighted by Gasteiger charge is -2.13. The number of carbonyl (C=O) groups excluding carboxylic acids is 1. The van der Waals surface area contributed by atoms with Crippen molar-refractivity contribution in [3.05, 3.63) is 34.1 Å². The fraction of sp³-hybridized carbons (Fsp3) is 0.353. The predicted molar refractivity (Wildman–Crippen MR) is 93.1 cm³/mol. The minimum Gasteiger partial charge on any atom is -0.365 e. The molecule has 1 aromatic carbocycles. The Balaban J connectivity index is 2.00. The number of rotatable bonds is 2. The average molecular weight is 344 g/mol. The maximum Gasteiger partial charge on any atom is 0.252 e. The predicted octanol–water partition coefficient (Wildman–Crippen LogP) is 2.83. The Morgan fingerprint density at radius 3 is 2.83 bits per heavy atom. The number of hydrogen-bond acceptors (Lipinski definition) is 3. The molecule has 6 nitrogen and oxygen atoms in total. The van der Waals surface area contributed by atoms with Crippen molar-refractivity contribution in [1.82, 2.24) is 19.6 Å². The van der Waals surface area contributed by atoms with Crippen LogP contribution in [0, 0.1) is 6.92 Å². The highest BCUT2D eigenvalue weighted by atomic mass is 35.5. The third kappa shape index (κ3) is 2.13. The van der Waals surface area contributed by atoms with E-state index in [1.165, 1.54) is 0 Å². The van der Waals surface area contributed by atoms with Crippen LogP contribution >= 0.6 is 11.6 Å². The maximum atomic E-state index is 12.1. The summed E-state index contributed by atoms with van der Waals surface area (Å²) in [5.41, 5.74) is 10.3. The molecular formula is C17H18ClN5O. The van der Waals surface area contributed by atoms with Crippen LogP contribution in [0.5, 0.6) is 0 Å². The van der Waals surface area contributed by atoms with E-state index in [1.807, 2.05) is 30.8 Å². The number of aromatic nitrogens is 4. The molecule has 1 aliphatic heterocycles. The quantitative estimate of drug-likeness (QED) is 0.777. The molecule has 3 aromatic rings. The second-order valence-electron chi connectivity index (χ2n) is 6.28. The summed E-state index contributed by atoms with van der Waals surface area (Å²) in [7, 11) is 1.87. The molecule has 0 radical (unpaired) electrons. The van der Waals surface area contributed by atoms with Crippen molar-refractivity contribution in [2.45, 2.75) is 32.7 Å². The number of hydrogen-bond donors (Lipinski definition) is 1. The summed E-state index contributed by atoms with van der Waals surface area (Å²) in [5, 5.41) is 10.6. The van der Waals surface area contributed by atoms with Crippen LogP contribution < -0.4 is 5.73 Å². The number of nitrogens with two attached hydrogens (primary N) is 1. The van der Waals surface area contributed by atoms with Gasteiger partial charge in [-0.05, 0) is 38.3 Å². The lowest BCUT2D eigenvalue weighted by molar-refractivity contribution is 0.0999. The van der Waals surface area contributed by atoms with Crippen LogP contribution in [0.15, 0.2) is 12.1 Å². The van der Waals surface area contributed by atoms with Gasteiger partial charge in [0, 0.05) is 24.5 Å². The molecule has 124 valence electrons. The van der Waals surface area contributed by atoms with Crippen LogP contribution in [0.2, 0.25) is 5.02 Å². The second-order valence-corrected chi connectivity index (χ2v) is 6.69. The topological polar surface area (TPSA) is 78.7 Å². The highest BCUT2D eigenvalue weighted by molar-refractivity contribution is 6.35. The van der Waals surface area contributed by atoms with Gasteiger partial charge in [-0.15, -0.1) is 0 Å². The molecule has 0 saturated carbocycles. The molecule has 4 rings (SSSR count). The van der Waals surface area contributed by atoms with Gasteiger partial charge in [-0.3, -0.25) is 14.2 Å². The molecule has 3 heterocycles. The number of benzene rings is 1. The number of amides is 1. The smallest absolute Gasteiger partial charge is 0.252 e. The van der Waals surface area contributed by atoms with Crippen LogP contribution in [0.3, 0.4) is 0 Å². The van der Waals surface area contributed by atoms with E-state index in [1.54, 1.807) is 4.68 Å². The SMILES string of the molecule is Cc1nn(C)c2c(Cl)cc(-c3nn4c(c3C(N)=O)CCCC4)cc12. The lowest BCUT2D eigenvalue weighted by Crippen LogP contribution is -2.17. The van der Waals surface area contributed by atoms with Gasteiger partial charge < -0.3 is 5.73 Å². The number of nitrogens with zero attached hydrogens (tertiary/aromatic N) is 4. The molecule has 1 aliphatic rings. The van der Waals surface area contributed by atoms with E-state index in [9.17, 15) is 4.79 Å². The third-order valence-electron chi connectivity index (χ3n) is 4.69. The molecule has 2 aromatic heterocycles. The minimum absolute atomic E-state index is 0.438. The monoisotopic (exact) mass is 343 g/mol. The van der Waals surface area contributed by atoms with Gasteiger partial charge in [-0.25, -0.2) is 0 Å². The fourth-order valence-electron chi connectivity index (χ4n) is 3.62. The summed E-state index contributed by atoms with van der Waals surface area (Å²) < 4.78 is 3.68. The maximum absolute atomic E-state index is 12.1. The van der Waals surface area contributed by atoms with Gasteiger partial charge in [0.25, 0.3) is 5.91 Å². The molecule has 7 heteroatoms. The summed E-state index contributed by atoms with van der Waals surface area (Å²) in [5.74, 6) is -0.438. The van der Waals surface area contributed by atoms with Crippen LogP contribution in [-0.4, -0.2) is 25.5 Å². The third-order valence-corrected chi connectivity index (χ3v) is 4.98. The van der Waals surface area contributed by atoms with Gasteiger partial charge >= 0.3 is 0 Å². The number of fused-ring (bicyclic) bond motifs is 2. The molecule has 24 heavy (non-hydrogen) atoms. The molecule has 2 N–H and O–H groups in total. The molecule has 0 spiro atoms. The standard InChI is InChI=1S/C17H18ClN5O/c1-9-11-7-10(8-12(18)16(11)22(2)20-9)15-14(17(19)24)13-5-3-4-6-23(13)21-15/h7-8H,3-6H2,1-2H3,(H2,19,24). The molecule has 0 bridgehead atoms. The Kier molecular flexibility index (Phi) is 3.38. The Morgan fingerprint density at radius 2 is 2.08 bits per heavy atom. The van der Waals surface area contributed by atoms with Crippen molar-refractivity contribution in [2.24, 2.45) is 12.8 Å². The highest BCUT2D eigenvalue weighted by Gasteiger charge is 2.25. The average Bonchev–Trinajstić information content (AvgIpc) is 3.05. The molecule has 0 aliphatic carbocycles. The number of halogens is 1. The first-order chi connectivity index (χ1) is 11.5. The van der Waals surface area contributed by atoms with E-state index in [2.05, 4.69) is 10.2 Å². The minimum atomic E-state index is -0.438. The highest BCUT2D eigenvalue weighted by Crippen LogP contribution is 2.35. The van der Waals surface area contributed by atoms with E-state index in [-0.39, 0.29) is 0 Å². The van der Waals surface area contributed by atoms with Crippen molar-refractivity contribution >= 4 is 28.4 Å². The van der Waals surface area contributed by atoms with E-state index in [4.69, 9.17) is 17.3 Å². The summed E-state index contributed by atoms with van der Waals surface area (Å²) in [6, 6.07) is 3.83. The molecule has 0 unspecified atom stereocenters. The van der Waals surface area contributed by atoms with Crippen molar-refractivity contribution in [3.63, 3.8) is 0 Å². The fourth-order valence-corrected chi connectivity index (χ4v) is 3.96. The van der Waals surface area contributed by atoms with Crippen LogP contribution in [0.4, 0.5) is 0 Å². The van der Waals surface area contributed by atoms with E-state index in [0.29, 0.717) is 16.3 Å². The van der Waals surface area contributed by atoms with Crippen molar-refractivity contribution < 1.29 is 4.79 Å². The Labute approximate surface area is 144 Å². The van der Waals surface area contributed by atoms with Gasteiger partial charge in [0.2, 0.25) is 0 Å². The van der Waals surface area contributed by atoms with E-state index in [0.717, 1.165) is 53.7 Å². The van der Waals surface area contributed by atoms with E-state index >= 15 is 0 Å². The first-order valence-electron chi connectivity index (χ1n) is 8.00. The van der Waals surface area contributed by atoms with Crippen LogP contribution in [0.25, 0.3) is 22.2 Å². The summed E-state index contributed by atoms with van der Waals surface area (Å²) in [6.45, 7) is 2.76. The zero-order chi connectivity index (χ0) is 17.0. The summed E-state index contributed by atoms with van der Waals surface area (Å²) in [6.07, 6.45) is 2.94. The van der Waals surface area contributed by atoms with Gasteiger partial charge in [-0.1, -0.05) is 11.6 Å². The zero-order valence-corrected chi connectivity index (χ0v) is 14.4. The van der Waals surface area contributed by atoms with Gasteiger partial charge in [0.15, 0.2) is 0 Å². The van der Waals surface area contributed by atoms with Crippen LogP contribution in [0.1, 0.15) is 34.6 Å². The number of carbonyl (C=O) groups is 1. The van der Waals surface area contributed by atoms with Crippen molar-refractivity contribution in [2.75, 3.05) is 0 Å². The largest absolute Gasteiger partial charge is 0.365 e. The Morgan fingerprint density at radius 1 is 1.29 bits per heavy atom. The molecule has 0 atom stereocenters. The Hall–Kier alpha value is -2.34. The van der Waals surface area contributed by atoms with Crippen LogP contribution in [-0.2, 0) is 20.0 Å². The molecular weight excluding hydrogens is 326 g/mol. The first-order valence-corrected chi connectivity index (χ1v) is 8.38. The number of primary amides is 1. The molecule has 0 fully saturated rings.